The second-order valence-electron chi connectivity index (χ2n) is 5.48. The Morgan fingerprint density at radius 3 is 2.95 bits per heavy atom. The molecular weight excluding hydrogens is 238 g/mol. The summed E-state index contributed by atoms with van der Waals surface area (Å²) in [6.07, 6.45) is 7.98. The van der Waals surface area contributed by atoms with Crippen molar-refractivity contribution in [2.75, 3.05) is 11.1 Å². The van der Waals surface area contributed by atoms with Gasteiger partial charge < -0.3 is 15.8 Å². The fraction of sp³-hybridized carbons (Fsp3) is 0.400. The predicted octanol–water partition coefficient (Wildman–Crippen LogP) is 2.55. The van der Waals surface area contributed by atoms with Gasteiger partial charge in [0.15, 0.2) is 0 Å². The highest BCUT2D eigenvalue weighted by atomic mass is 16.5. The van der Waals surface area contributed by atoms with Crippen molar-refractivity contribution in [1.29, 1.82) is 0 Å². The maximum atomic E-state index is 6.01. The van der Waals surface area contributed by atoms with Crippen LogP contribution >= 0.6 is 0 Å². The zero-order chi connectivity index (χ0) is 12.8. The van der Waals surface area contributed by atoms with Crippen molar-refractivity contribution in [1.82, 2.24) is 4.98 Å². The van der Waals surface area contributed by atoms with E-state index in [2.05, 4.69) is 10.3 Å². The van der Waals surface area contributed by atoms with E-state index in [0.717, 1.165) is 28.6 Å². The van der Waals surface area contributed by atoms with E-state index in [1.807, 2.05) is 24.4 Å². The third-order valence-corrected chi connectivity index (χ3v) is 4.30. The van der Waals surface area contributed by atoms with Crippen LogP contribution in [0.25, 0.3) is 10.8 Å². The van der Waals surface area contributed by atoms with Crippen LogP contribution in [0.2, 0.25) is 0 Å². The summed E-state index contributed by atoms with van der Waals surface area (Å²) in [5.74, 6) is 0. The van der Waals surface area contributed by atoms with E-state index >= 15 is 0 Å². The molecule has 0 aliphatic carbocycles. The largest absolute Gasteiger partial charge is 0.398 e. The van der Waals surface area contributed by atoms with Gasteiger partial charge in [0.2, 0.25) is 0 Å². The number of aromatic nitrogens is 1. The molecule has 3 atom stereocenters. The van der Waals surface area contributed by atoms with E-state index < -0.39 is 0 Å². The number of nitrogens with one attached hydrogen (secondary N) is 1. The normalized spacial score (nSPS) is 28.9. The molecule has 2 fully saturated rings. The van der Waals surface area contributed by atoms with Gasteiger partial charge in [0.25, 0.3) is 0 Å². The Hall–Kier alpha value is -1.81. The summed E-state index contributed by atoms with van der Waals surface area (Å²) in [4.78, 5) is 4.21. The minimum atomic E-state index is 0.370. The highest BCUT2D eigenvalue weighted by Gasteiger charge is 2.40. The number of pyridine rings is 1. The zero-order valence-electron chi connectivity index (χ0n) is 10.7. The third-order valence-electron chi connectivity index (χ3n) is 4.30. The number of fused-ring (bicyclic) bond motifs is 3. The molecule has 19 heavy (non-hydrogen) atoms. The lowest BCUT2D eigenvalue weighted by molar-refractivity contribution is 0.102. The number of anilines is 2. The predicted molar refractivity (Wildman–Crippen MR) is 76.1 cm³/mol. The first kappa shape index (κ1) is 11.1. The van der Waals surface area contributed by atoms with Gasteiger partial charge in [-0.15, -0.1) is 0 Å². The number of nitrogen functional groups attached to an aromatic ring is 1. The first-order valence-electron chi connectivity index (χ1n) is 6.85. The Balaban J connectivity index is 1.70. The topological polar surface area (TPSA) is 60.2 Å². The molecule has 1 aromatic heterocycles. The Kier molecular flexibility index (Phi) is 2.38. The number of nitrogens with zero attached hydrogens (tertiary/aromatic N) is 1. The smallest absolute Gasteiger partial charge is 0.0781 e. The van der Waals surface area contributed by atoms with Gasteiger partial charge in [0.05, 0.1) is 18.2 Å². The number of hydrogen-bond donors (Lipinski definition) is 2. The summed E-state index contributed by atoms with van der Waals surface area (Å²) in [5, 5.41) is 5.77. The van der Waals surface area contributed by atoms with Crippen LogP contribution in [-0.4, -0.2) is 23.2 Å². The molecule has 0 saturated carbocycles. The maximum Gasteiger partial charge on any atom is 0.0781 e. The van der Waals surface area contributed by atoms with Crippen molar-refractivity contribution in [3.05, 3.63) is 30.6 Å². The molecule has 2 bridgehead atoms. The van der Waals surface area contributed by atoms with Crippen LogP contribution in [0.3, 0.4) is 0 Å². The van der Waals surface area contributed by atoms with Crippen molar-refractivity contribution < 1.29 is 4.74 Å². The van der Waals surface area contributed by atoms with Crippen LogP contribution in [-0.2, 0) is 4.74 Å². The molecule has 3 heterocycles. The summed E-state index contributed by atoms with van der Waals surface area (Å²) < 4.78 is 5.89. The Bertz CT molecular complexity index is 628. The van der Waals surface area contributed by atoms with Crippen molar-refractivity contribution in [3.8, 4) is 0 Å². The molecule has 0 spiro atoms. The molecule has 2 aliphatic rings. The highest BCUT2D eigenvalue weighted by molar-refractivity contribution is 6.00. The van der Waals surface area contributed by atoms with Crippen LogP contribution in [0, 0.1) is 0 Å². The SMILES string of the molecule is Nc1ccc(NC2CC3CCC2O3)c2cnccc12. The molecule has 2 aliphatic heterocycles. The van der Waals surface area contributed by atoms with Gasteiger partial charge in [-0.3, -0.25) is 4.98 Å². The van der Waals surface area contributed by atoms with Crippen LogP contribution in [0.5, 0.6) is 0 Å². The Morgan fingerprint density at radius 1 is 1.21 bits per heavy atom. The Labute approximate surface area is 112 Å². The fourth-order valence-corrected chi connectivity index (χ4v) is 3.33. The average molecular weight is 255 g/mol. The number of hydrogen-bond acceptors (Lipinski definition) is 4. The lowest BCUT2D eigenvalue weighted by Crippen LogP contribution is -2.30. The number of ether oxygens (including phenoxy) is 1. The molecule has 2 aromatic rings. The molecule has 0 radical (unpaired) electrons. The van der Waals surface area contributed by atoms with E-state index in [1.165, 1.54) is 12.8 Å². The van der Waals surface area contributed by atoms with Gasteiger partial charge in [0, 0.05) is 34.5 Å². The van der Waals surface area contributed by atoms with Gasteiger partial charge in [-0.1, -0.05) is 0 Å². The average Bonchev–Trinajstić information content (AvgIpc) is 3.05. The minimum Gasteiger partial charge on any atom is -0.398 e. The summed E-state index contributed by atoms with van der Waals surface area (Å²) in [5.41, 5.74) is 7.92. The highest BCUT2D eigenvalue weighted by Crippen LogP contribution is 2.37. The molecular formula is C15H17N3O. The molecule has 98 valence electrons. The number of rotatable bonds is 2. The number of benzene rings is 1. The second kappa shape index (κ2) is 4.10. The quantitative estimate of drug-likeness (QED) is 0.810. The van der Waals surface area contributed by atoms with Gasteiger partial charge >= 0.3 is 0 Å². The summed E-state index contributed by atoms with van der Waals surface area (Å²) in [7, 11) is 0. The first-order valence-corrected chi connectivity index (χ1v) is 6.85. The van der Waals surface area contributed by atoms with Crippen LogP contribution < -0.4 is 11.1 Å². The lowest BCUT2D eigenvalue weighted by Gasteiger charge is -2.22. The molecule has 0 amide bonds. The molecule has 2 saturated heterocycles. The minimum absolute atomic E-state index is 0.370. The molecule has 3 unspecified atom stereocenters. The van der Waals surface area contributed by atoms with Crippen LogP contribution in [0.15, 0.2) is 30.6 Å². The van der Waals surface area contributed by atoms with Crippen molar-refractivity contribution in [3.63, 3.8) is 0 Å². The van der Waals surface area contributed by atoms with Gasteiger partial charge in [0.1, 0.15) is 0 Å². The maximum absolute atomic E-state index is 6.01. The van der Waals surface area contributed by atoms with E-state index in [0.29, 0.717) is 18.2 Å². The molecule has 4 nitrogen and oxygen atoms in total. The number of nitrogens with two attached hydrogens (primary N) is 1. The fourth-order valence-electron chi connectivity index (χ4n) is 3.33. The lowest BCUT2D eigenvalue weighted by atomic mass is 9.95. The van der Waals surface area contributed by atoms with Gasteiger partial charge in [-0.05, 0) is 37.5 Å². The first-order chi connectivity index (χ1) is 9.31. The van der Waals surface area contributed by atoms with Crippen molar-refractivity contribution in [2.45, 2.75) is 37.5 Å². The van der Waals surface area contributed by atoms with Crippen molar-refractivity contribution >= 4 is 22.1 Å². The third kappa shape index (κ3) is 1.75. The van der Waals surface area contributed by atoms with Gasteiger partial charge in [-0.2, -0.15) is 0 Å². The zero-order valence-corrected chi connectivity index (χ0v) is 10.7. The van der Waals surface area contributed by atoms with Gasteiger partial charge in [-0.25, -0.2) is 0 Å². The van der Waals surface area contributed by atoms with E-state index in [4.69, 9.17) is 10.5 Å². The monoisotopic (exact) mass is 255 g/mol. The second-order valence-corrected chi connectivity index (χ2v) is 5.48. The summed E-state index contributed by atoms with van der Waals surface area (Å²) in [6, 6.07) is 6.39. The summed E-state index contributed by atoms with van der Waals surface area (Å²) >= 11 is 0. The summed E-state index contributed by atoms with van der Waals surface area (Å²) in [6.45, 7) is 0. The van der Waals surface area contributed by atoms with Crippen LogP contribution in [0.1, 0.15) is 19.3 Å². The van der Waals surface area contributed by atoms with E-state index in [-0.39, 0.29) is 0 Å². The Morgan fingerprint density at radius 2 is 2.16 bits per heavy atom. The molecule has 4 rings (SSSR count). The van der Waals surface area contributed by atoms with Crippen molar-refractivity contribution in [2.24, 2.45) is 0 Å². The van der Waals surface area contributed by atoms with E-state index in [1.54, 1.807) is 6.20 Å². The molecule has 1 aromatic carbocycles. The van der Waals surface area contributed by atoms with E-state index in [9.17, 15) is 0 Å². The van der Waals surface area contributed by atoms with Crippen LogP contribution in [0.4, 0.5) is 11.4 Å². The molecule has 3 N–H and O–H groups in total. The standard InChI is InChI=1S/C15H17N3O/c16-12-2-3-13(11-8-17-6-5-10(11)12)18-14-7-9-1-4-15(14)19-9/h2-3,5-6,8-9,14-15,18H,1,4,7,16H2. The molecule has 4 heteroatoms.